The molecule has 0 radical (unpaired) electrons. The molecule has 144 valence electrons. The molecule has 0 amide bonds. The summed E-state index contributed by atoms with van der Waals surface area (Å²) >= 11 is 6.12. The van der Waals surface area contributed by atoms with Gasteiger partial charge in [-0.05, 0) is 41.7 Å². The quantitative estimate of drug-likeness (QED) is 0.251. The highest BCUT2D eigenvalue weighted by atomic mass is 127. The van der Waals surface area contributed by atoms with Gasteiger partial charge in [0.15, 0.2) is 0 Å². The van der Waals surface area contributed by atoms with Crippen molar-refractivity contribution in [1.82, 2.24) is 4.90 Å². The van der Waals surface area contributed by atoms with Crippen molar-refractivity contribution in [3.8, 4) is 0 Å². The van der Waals surface area contributed by atoms with Gasteiger partial charge < -0.3 is 0 Å². The molecule has 1 fully saturated rings. The molecule has 1 saturated heterocycles. The lowest BCUT2D eigenvalue weighted by atomic mass is 9.68. The van der Waals surface area contributed by atoms with Crippen LogP contribution in [0.3, 0.4) is 0 Å². The fourth-order valence-electron chi connectivity index (χ4n) is 4.49. The average Bonchev–Trinajstić information content (AvgIpc) is 2.76. The van der Waals surface area contributed by atoms with Crippen LogP contribution in [0.5, 0.6) is 0 Å². The number of nitrogens with zero attached hydrogens (tertiary/aromatic N) is 1. The average molecular weight is 546 g/mol. The van der Waals surface area contributed by atoms with E-state index in [4.69, 9.17) is 0 Å². The highest BCUT2D eigenvalue weighted by Crippen LogP contribution is 2.42. The van der Waals surface area contributed by atoms with E-state index in [2.05, 4.69) is 128 Å². The van der Waals surface area contributed by atoms with E-state index in [0.29, 0.717) is 6.04 Å². The van der Waals surface area contributed by atoms with Gasteiger partial charge in [-0.15, -0.1) is 0 Å². The lowest BCUT2D eigenvalue weighted by molar-refractivity contribution is 0.110. The summed E-state index contributed by atoms with van der Waals surface area (Å²) in [5, 5.41) is 0. The molecule has 1 aliphatic rings. The van der Waals surface area contributed by atoms with E-state index >= 15 is 0 Å². The molecule has 3 aromatic rings. The van der Waals surface area contributed by atoms with E-state index in [1.165, 1.54) is 34.0 Å². The first-order valence-corrected chi connectivity index (χ1v) is 12.2. The van der Waals surface area contributed by atoms with Crippen LogP contribution in [-0.2, 0) is 12.0 Å². The molecule has 1 atom stereocenters. The maximum atomic E-state index is 3.56. The minimum Gasteiger partial charge on any atom is -0.294 e. The summed E-state index contributed by atoms with van der Waals surface area (Å²) in [4.78, 5) is 2.71. The van der Waals surface area contributed by atoms with Crippen LogP contribution >= 0.6 is 38.5 Å². The van der Waals surface area contributed by atoms with E-state index in [9.17, 15) is 0 Å². The minimum atomic E-state index is 0.0557. The topological polar surface area (TPSA) is 3.24 Å². The minimum absolute atomic E-state index is 0.0557. The molecule has 3 aromatic carbocycles. The van der Waals surface area contributed by atoms with Gasteiger partial charge in [0, 0.05) is 33.4 Å². The normalized spacial score (nSPS) is 19.4. The van der Waals surface area contributed by atoms with Crippen LogP contribution in [-0.4, -0.2) is 21.9 Å². The molecule has 0 aromatic heterocycles. The van der Waals surface area contributed by atoms with E-state index in [1.54, 1.807) is 0 Å². The van der Waals surface area contributed by atoms with Crippen LogP contribution in [0.2, 0.25) is 0 Å². The summed E-state index contributed by atoms with van der Waals surface area (Å²) < 4.78 is 2.32. The number of benzene rings is 3. The zero-order chi connectivity index (χ0) is 19.4. The monoisotopic (exact) mass is 545 g/mol. The molecule has 1 unspecified atom stereocenters. The number of alkyl halides is 1. The second kappa shape index (κ2) is 9.10. The molecular weight excluding hydrogens is 521 g/mol. The largest absolute Gasteiger partial charge is 0.294 e. The van der Waals surface area contributed by atoms with Crippen molar-refractivity contribution in [2.75, 3.05) is 11.0 Å². The second-order valence-corrected chi connectivity index (χ2v) is 9.49. The van der Waals surface area contributed by atoms with Gasteiger partial charge in [-0.1, -0.05) is 111 Å². The molecule has 0 spiro atoms. The number of piperidine rings is 1. The Morgan fingerprint density at radius 3 is 1.96 bits per heavy atom. The number of hydrogen-bond acceptors (Lipinski definition) is 1. The van der Waals surface area contributed by atoms with Crippen LogP contribution in [0.15, 0.2) is 89.4 Å². The standard InChI is InChI=1S/C25H25BrIN/c26-23-13-11-20(12-14-23)18-28-19-25(16-15-24(28)17-27,21-7-3-1-4-8-21)22-9-5-2-6-10-22/h1-14,24H,15-19H2. The van der Waals surface area contributed by atoms with Crippen LogP contribution in [0.1, 0.15) is 29.5 Å². The lowest BCUT2D eigenvalue weighted by Crippen LogP contribution is -2.51. The molecule has 1 aliphatic heterocycles. The van der Waals surface area contributed by atoms with Gasteiger partial charge in [0.05, 0.1) is 0 Å². The van der Waals surface area contributed by atoms with Gasteiger partial charge in [-0.3, -0.25) is 4.90 Å². The fourth-order valence-corrected chi connectivity index (χ4v) is 5.75. The Bertz CT molecular complexity index is 840. The van der Waals surface area contributed by atoms with Gasteiger partial charge in [0.1, 0.15) is 0 Å². The first kappa shape index (κ1) is 20.1. The second-order valence-electron chi connectivity index (χ2n) is 7.69. The predicted molar refractivity (Wildman–Crippen MR) is 130 cm³/mol. The number of likely N-dealkylation sites (tertiary alicyclic amines) is 1. The van der Waals surface area contributed by atoms with Crippen molar-refractivity contribution >= 4 is 38.5 Å². The molecule has 28 heavy (non-hydrogen) atoms. The third-order valence-corrected chi connectivity index (χ3v) is 7.57. The van der Waals surface area contributed by atoms with E-state index in [1.807, 2.05) is 0 Å². The SMILES string of the molecule is Brc1ccc(CN2CC(c3ccccc3)(c3ccccc3)CCC2CI)cc1. The Morgan fingerprint density at radius 2 is 1.43 bits per heavy atom. The first-order valence-electron chi connectivity index (χ1n) is 9.87. The summed E-state index contributed by atoms with van der Waals surface area (Å²) in [5.41, 5.74) is 4.32. The smallest absolute Gasteiger partial charge is 0.0330 e. The Kier molecular flexibility index (Phi) is 6.54. The van der Waals surface area contributed by atoms with E-state index < -0.39 is 0 Å². The predicted octanol–water partition coefficient (Wildman–Crippen LogP) is 6.83. The number of rotatable bonds is 5. The van der Waals surface area contributed by atoms with Gasteiger partial charge in [-0.25, -0.2) is 0 Å². The molecule has 0 aliphatic carbocycles. The van der Waals surface area contributed by atoms with Crippen molar-refractivity contribution in [1.29, 1.82) is 0 Å². The third kappa shape index (κ3) is 4.22. The van der Waals surface area contributed by atoms with Gasteiger partial charge in [0.2, 0.25) is 0 Å². The summed E-state index contributed by atoms with van der Waals surface area (Å²) in [5.74, 6) is 0. The van der Waals surface area contributed by atoms with Crippen LogP contribution in [0.25, 0.3) is 0 Å². The summed E-state index contributed by atoms with van der Waals surface area (Å²) in [6, 6.07) is 31.7. The van der Waals surface area contributed by atoms with Crippen molar-refractivity contribution in [3.63, 3.8) is 0 Å². The van der Waals surface area contributed by atoms with Crippen molar-refractivity contribution in [2.45, 2.75) is 30.8 Å². The Labute approximate surface area is 190 Å². The van der Waals surface area contributed by atoms with Crippen LogP contribution in [0.4, 0.5) is 0 Å². The molecule has 4 rings (SSSR count). The highest BCUT2D eigenvalue weighted by molar-refractivity contribution is 14.1. The molecule has 0 bridgehead atoms. The van der Waals surface area contributed by atoms with Crippen molar-refractivity contribution in [2.24, 2.45) is 0 Å². The maximum absolute atomic E-state index is 3.56. The van der Waals surface area contributed by atoms with E-state index in [0.717, 1.165) is 17.6 Å². The Morgan fingerprint density at radius 1 is 0.857 bits per heavy atom. The molecule has 1 nitrogen and oxygen atoms in total. The number of hydrogen-bond donors (Lipinski definition) is 0. The highest BCUT2D eigenvalue weighted by Gasteiger charge is 2.41. The summed E-state index contributed by atoms with van der Waals surface area (Å²) in [7, 11) is 0. The summed E-state index contributed by atoms with van der Waals surface area (Å²) in [6.45, 7) is 2.06. The summed E-state index contributed by atoms with van der Waals surface area (Å²) in [6.07, 6.45) is 2.43. The third-order valence-electron chi connectivity index (χ3n) is 6.02. The first-order chi connectivity index (χ1) is 13.7. The van der Waals surface area contributed by atoms with Gasteiger partial charge >= 0.3 is 0 Å². The van der Waals surface area contributed by atoms with Gasteiger partial charge in [0.25, 0.3) is 0 Å². The zero-order valence-electron chi connectivity index (χ0n) is 15.9. The molecule has 1 heterocycles. The van der Waals surface area contributed by atoms with Crippen LogP contribution < -0.4 is 0 Å². The molecule has 0 N–H and O–H groups in total. The van der Waals surface area contributed by atoms with Crippen molar-refractivity contribution in [3.05, 3.63) is 106 Å². The Hall–Kier alpha value is -1.17. The molecule has 3 heteroatoms. The van der Waals surface area contributed by atoms with Crippen LogP contribution in [0, 0.1) is 0 Å². The lowest BCUT2D eigenvalue weighted by Gasteiger charge is -2.47. The van der Waals surface area contributed by atoms with E-state index in [-0.39, 0.29) is 5.41 Å². The molecular formula is C25H25BrIN. The molecule has 0 saturated carbocycles. The van der Waals surface area contributed by atoms with Gasteiger partial charge in [-0.2, -0.15) is 0 Å². The Balaban J connectivity index is 1.72. The zero-order valence-corrected chi connectivity index (χ0v) is 19.6. The maximum Gasteiger partial charge on any atom is 0.0330 e. The van der Waals surface area contributed by atoms with Crippen molar-refractivity contribution < 1.29 is 0 Å². The fraction of sp³-hybridized carbons (Fsp3) is 0.280. The number of halogens is 2.